The summed E-state index contributed by atoms with van der Waals surface area (Å²) in [4.78, 5) is 0. The minimum Gasteiger partial charge on any atom is -0.388 e. The van der Waals surface area contributed by atoms with Crippen LogP contribution in [0.25, 0.3) is 0 Å². The van der Waals surface area contributed by atoms with Crippen LogP contribution < -0.4 is 5.32 Å². The molecule has 1 unspecified atom stereocenters. The van der Waals surface area contributed by atoms with E-state index in [9.17, 15) is 9.50 Å². The SMILES string of the molecule is CC(Cc1ccccc1F)NCC1(O)CCOCC1. The first-order valence-corrected chi connectivity index (χ1v) is 6.86. The Morgan fingerprint density at radius 3 is 2.74 bits per heavy atom. The molecule has 2 N–H and O–H groups in total. The van der Waals surface area contributed by atoms with Gasteiger partial charge in [-0.1, -0.05) is 18.2 Å². The Morgan fingerprint density at radius 2 is 2.05 bits per heavy atom. The second-order valence-corrected chi connectivity index (χ2v) is 5.41. The van der Waals surface area contributed by atoms with Crippen LogP contribution in [0, 0.1) is 5.82 Å². The molecule has 3 nitrogen and oxygen atoms in total. The topological polar surface area (TPSA) is 41.5 Å². The van der Waals surface area contributed by atoms with Gasteiger partial charge in [0.15, 0.2) is 0 Å². The molecule has 0 radical (unpaired) electrons. The van der Waals surface area contributed by atoms with Crippen LogP contribution in [0.3, 0.4) is 0 Å². The Morgan fingerprint density at radius 1 is 1.37 bits per heavy atom. The summed E-state index contributed by atoms with van der Waals surface area (Å²) in [6.45, 7) is 3.76. The molecule has 1 aromatic carbocycles. The Balaban J connectivity index is 1.81. The third kappa shape index (κ3) is 4.27. The average Bonchev–Trinajstić information content (AvgIpc) is 2.40. The third-order valence-corrected chi connectivity index (χ3v) is 3.69. The molecule has 1 aliphatic heterocycles. The van der Waals surface area contributed by atoms with E-state index >= 15 is 0 Å². The van der Waals surface area contributed by atoms with Crippen molar-refractivity contribution >= 4 is 0 Å². The van der Waals surface area contributed by atoms with Crippen molar-refractivity contribution in [1.82, 2.24) is 5.32 Å². The highest BCUT2D eigenvalue weighted by Crippen LogP contribution is 2.19. The molecule has 1 saturated heterocycles. The lowest BCUT2D eigenvalue weighted by molar-refractivity contribution is -0.0625. The third-order valence-electron chi connectivity index (χ3n) is 3.69. The van der Waals surface area contributed by atoms with Gasteiger partial charge in [0.1, 0.15) is 5.82 Å². The van der Waals surface area contributed by atoms with Gasteiger partial charge in [-0.25, -0.2) is 4.39 Å². The number of hydrogen-bond donors (Lipinski definition) is 2. The first-order chi connectivity index (χ1) is 9.09. The zero-order valence-electron chi connectivity index (χ0n) is 11.4. The summed E-state index contributed by atoms with van der Waals surface area (Å²) < 4.78 is 18.8. The van der Waals surface area contributed by atoms with Crippen LogP contribution in [0.4, 0.5) is 4.39 Å². The van der Waals surface area contributed by atoms with E-state index in [0.29, 0.717) is 44.6 Å². The largest absolute Gasteiger partial charge is 0.388 e. The lowest BCUT2D eigenvalue weighted by Gasteiger charge is -2.33. The van der Waals surface area contributed by atoms with Gasteiger partial charge in [-0.05, 0) is 25.0 Å². The van der Waals surface area contributed by atoms with Gasteiger partial charge in [0.2, 0.25) is 0 Å². The van der Waals surface area contributed by atoms with E-state index in [4.69, 9.17) is 4.74 Å². The van der Waals surface area contributed by atoms with Crippen molar-refractivity contribution < 1.29 is 14.2 Å². The summed E-state index contributed by atoms with van der Waals surface area (Å²) in [5.74, 6) is -0.166. The van der Waals surface area contributed by atoms with Crippen molar-refractivity contribution in [3.63, 3.8) is 0 Å². The average molecular weight is 267 g/mol. The maximum absolute atomic E-state index is 13.5. The van der Waals surface area contributed by atoms with E-state index < -0.39 is 5.60 Å². The van der Waals surface area contributed by atoms with Gasteiger partial charge < -0.3 is 15.2 Å². The minimum atomic E-state index is -0.679. The highest BCUT2D eigenvalue weighted by molar-refractivity contribution is 5.18. The van der Waals surface area contributed by atoms with E-state index in [1.165, 1.54) is 6.07 Å². The zero-order chi connectivity index (χ0) is 13.7. The molecular formula is C15H22FNO2. The monoisotopic (exact) mass is 267 g/mol. The number of halogens is 1. The molecule has 0 saturated carbocycles. The molecule has 19 heavy (non-hydrogen) atoms. The summed E-state index contributed by atoms with van der Waals surface area (Å²) in [6.07, 6.45) is 1.94. The number of nitrogens with one attached hydrogen (secondary N) is 1. The second kappa shape index (κ2) is 6.46. The molecule has 1 aromatic rings. The van der Waals surface area contributed by atoms with Crippen molar-refractivity contribution in [3.8, 4) is 0 Å². The van der Waals surface area contributed by atoms with E-state index in [1.807, 2.05) is 13.0 Å². The summed E-state index contributed by atoms with van der Waals surface area (Å²) in [5, 5.41) is 13.6. The standard InChI is InChI=1S/C15H22FNO2/c1-12(10-13-4-2-3-5-14(13)16)17-11-15(18)6-8-19-9-7-15/h2-5,12,17-18H,6-11H2,1H3. The first-order valence-electron chi connectivity index (χ1n) is 6.86. The van der Waals surface area contributed by atoms with Crippen LogP contribution in [-0.2, 0) is 11.2 Å². The van der Waals surface area contributed by atoms with Crippen LogP contribution in [0.1, 0.15) is 25.3 Å². The van der Waals surface area contributed by atoms with Gasteiger partial charge in [-0.2, -0.15) is 0 Å². The lowest BCUT2D eigenvalue weighted by Crippen LogP contribution is -2.47. The Labute approximate surface area is 113 Å². The molecule has 4 heteroatoms. The van der Waals surface area contributed by atoms with Gasteiger partial charge in [0, 0.05) is 38.6 Å². The summed E-state index contributed by atoms with van der Waals surface area (Å²) in [6, 6.07) is 6.95. The quantitative estimate of drug-likeness (QED) is 0.856. The maximum Gasteiger partial charge on any atom is 0.126 e. The molecule has 0 aliphatic carbocycles. The molecule has 1 atom stereocenters. The molecule has 1 fully saturated rings. The van der Waals surface area contributed by atoms with Crippen molar-refractivity contribution in [2.75, 3.05) is 19.8 Å². The predicted octanol–water partition coefficient (Wildman–Crippen LogP) is 1.89. The number of ether oxygens (including phenoxy) is 1. The number of hydrogen-bond acceptors (Lipinski definition) is 3. The lowest BCUT2D eigenvalue weighted by atomic mass is 9.94. The number of rotatable bonds is 5. The summed E-state index contributed by atoms with van der Waals surface area (Å²) in [7, 11) is 0. The molecule has 1 heterocycles. The summed E-state index contributed by atoms with van der Waals surface area (Å²) in [5.41, 5.74) is 0.0309. The fourth-order valence-corrected chi connectivity index (χ4v) is 2.36. The van der Waals surface area contributed by atoms with E-state index in [0.717, 1.165) is 0 Å². The summed E-state index contributed by atoms with van der Waals surface area (Å²) >= 11 is 0. The van der Waals surface area contributed by atoms with E-state index in [-0.39, 0.29) is 11.9 Å². The fourth-order valence-electron chi connectivity index (χ4n) is 2.36. The van der Waals surface area contributed by atoms with Crippen LogP contribution in [0.15, 0.2) is 24.3 Å². The second-order valence-electron chi connectivity index (χ2n) is 5.41. The van der Waals surface area contributed by atoms with Crippen LogP contribution >= 0.6 is 0 Å². The van der Waals surface area contributed by atoms with Gasteiger partial charge >= 0.3 is 0 Å². The molecule has 0 bridgehead atoms. The molecule has 0 amide bonds. The van der Waals surface area contributed by atoms with E-state index in [2.05, 4.69) is 5.32 Å². The predicted molar refractivity (Wildman–Crippen MR) is 72.6 cm³/mol. The molecule has 2 rings (SSSR count). The number of benzene rings is 1. The number of aliphatic hydroxyl groups is 1. The Kier molecular flexibility index (Phi) is 4.91. The van der Waals surface area contributed by atoms with Gasteiger partial charge in [-0.15, -0.1) is 0 Å². The normalized spacial score (nSPS) is 20.2. The van der Waals surface area contributed by atoms with Crippen molar-refractivity contribution in [2.45, 2.75) is 37.8 Å². The maximum atomic E-state index is 13.5. The van der Waals surface area contributed by atoms with Gasteiger partial charge in [0.25, 0.3) is 0 Å². The Bertz CT molecular complexity index is 405. The van der Waals surface area contributed by atoms with E-state index in [1.54, 1.807) is 12.1 Å². The molecule has 0 spiro atoms. The van der Waals surface area contributed by atoms with Crippen LogP contribution in [0.2, 0.25) is 0 Å². The van der Waals surface area contributed by atoms with Crippen molar-refractivity contribution in [3.05, 3.63) is 35.6 Å². The molecule has 0 aromatic heterocycles. The van der Waals surface area contributed by atoms with Gasteiger partial charge in [0.05, 0.1) is 5.60 Å². The smallest absolute Gasteiger partial charge is 0.126 e. The molecule has 106 valence electrons. The van der Waals surface area contributed by atoms with Crippen molar-refractivity contribution in [2.24, 2.45) is 0 Å². The fraction of sp³-hybridized carbons (Fsp3) is 0.600. The zero-order valence-corrected chi connectivity index (χ0v) is 11.4. The first kappa shape index (κ1) is 14.4. The Hall–Kier alpha value is -0.970. The van der Waals surface area contributed by atoms with Crippen LogP contribution in [0.5, 0.6) is 0 Å². The molecular weight excluding hydrogens is 245 g/mol. The van der Waals surface area contributed by atoms with Crippen molar-refractivity contribution in [1.29, 1.82) is 0 Å². The van der Waals surface area contributed by atoms with Gasteiger partial charge in [-0.3, -0.25) is 0 Å². The minimum absolute atomic E-state index is 0.128. The highest BCUT2D eigenvalue weighted by Gasteiger charge is 2.29. The molecule has 1 aliphatic rings. The van der Waals surface area contributed by atoms with Crippen LogP contribution in [-0.4, -0.2) is 36.5 Å². The highest BCUT2D eigenvalue weighted by atomic mass is 19.1.